The largest absolute Gasteiger partial charge is 0.313 e. The van der Waals surface area contributed by atoms with Crippen LogP contribution >= 0.6 is 0 Å². The summed E-state index contributed by atoms with van der Waals surface area (Å²) in [6, 6.07) is 6.92. The summed E-state index contributed by atoms with van der Waals surface area (Å²) in [6.07, 6.45) is 0. The first-order valence-electron chi connectivity index (χ1n) is 6.48. The van der Waals surface area contributed by atoms with E-state index in [-0.39, 0.29) is 11.9 Å². The lowest BCUT2D eigenvalue weighted by molar-refractivity contribution is 0.613. The van der Waals surface area contributed by atoms with Crippen LogP contribution in [0.25, 0.3) is 0 Å². The van der Waals surface area contributed by atoms with Gasteiger partial charge in [0.2, 0.25) is 0 Å². The van der Waals surface area contributed by atoms with Crippen molar-refractivity contribution in [3.8, 4) is 0 Å². The van der Waals surface area contributed by atoms with E-state index in [0.717, 1.165) is 17.0 Å². The SMILES string of the molecule is CNC(C)c1c(C)nn(Cc2cccc(F)c2)c1C. The van der Waals surface area contributed by atoms with Gasteiger partial charge in [-0.2, -0.15) is 5.10 Å². The maximum atomic E-state index is 13.2. The Kier molecular flexibility index (Phi) is 4.00. The van der Waals surface area contributed by atoms with Crippen LogP contribution in [0, 0.1) is 19.7 Å². The predicted molar refractivity (Wildman–Crippen MR) is 74.7 cm³/mol. The van der Waals surface area contributed by atoms with Crippen molar-refractivity contribution in [1.82, 2.24) is 15.1 Å². The smallest absolute Gasteiger partial charge is 0.123 e. The number of benzene rings is 1. The van der Waals surface area contributed by atoms with Crippen LogP contribution in [-0.2, 0) is 6.54 Å². The van der Waals surface area contributed by atoms with Crippen LogP contribution < -0.4 is 5.32 Å². The molecule has 1 heterocycles. The second-order valence-corrected chi connectivity index (χ2v) is 4.88. The van der Waals surface area contributed by atoms with Crippen LogP contribution in [-0.4, -0.2) is 16.8 Å². The normalized spacial score (nSPS) is 12.7. The number of aromatic nitrogens is 2. The highest BCUT2D eigenvalue weighted by Gasteiger charge is 2.16. The number of hydrogen-bond donors (Lipinski definition) is 1. The first-order valence-corrected chi connectivity index (χ1v) is 6.48. The van der Waals surface area contributed by atoms with Gasteiger partial charge in [-0.15, -0.1) is 0 Å². The molecule has 0 amide bonds. The molecule has 1 aromatic carbocycles. The summed E-state index contributed by atoms with van der Waals surface area (Å²) in [5.74, 6) is -0.206. The topological polar surface area (TPSA) is 29.9 Å². The van der Waals surface area contributed by atoms with Gasteiger partial charge in [0.05, 0.1) is 12.2 Å². The van der Waals surface area contributed by atoms with Crippen molar-refractivity contribution in [3.63, 3.8) is 0 Å². The third-order valence-electron chi connectivity index (χ3n) is 3.52. The lowest BCUT2D eigenvalue weighted by Gasteiger charge is -2.11. The van der Waals surface area contributed by atoms with Crippen LogP contribution in [0.2, 0.25) is 0 Å². The minimum atomic E-state index is -0.206. The molecule has 0 fully saturated rings. The fraction of sp³-hybridized carbons (Fsp3) is 0.400. The molecule has 0 spiro atoms. The van der Waals surface area contributed by atoms with Crippen molar-refractivity contribution in [2.75, 3.05) is 7.05 Å². The van der Waals surface area contributed by atoms with Gasteiger partial charge in [-0.1, -0.05) is 12.1 Å². The van der Waals surface area contributed by atoms with Crippen LogP contribution in [0.1, 0.15) is 35.5 Å². The summed E-state index contributed by atoms with van der Waals surface area (Å²) in [7, 11) is 1.94. The predicted octanol–water partition coefficient (Wildman–Crippen LogP) is 2.97. The highest BCUT2D eigenvalue weighted by molar-refractivity contribution is 5.29. The molecular weight excluding hydrogens is 241 g/mol. The summed E-state index contributed by atoms with van der Waals surface area (Å²) in [4.78, 5) is 0. The molecule has 4 heteroatoms. The number of rotatable bonds is 4. The van der Waals surface area contributed by atoms with Crippen molar-refractivity contribution < 1.29 is 4.39 Å². The molecule has 19 heavy (non-hydrogen) atoms. The maximum Gasteiger partial charge on any atom is 0.123 e. The number of aryl methyl sites for hydroxylation is 1. The van der Waals surface area contributed by atoms with E-state index in [4.69, 9.17) is 0 Å². The Morgan fingerprint density at radius 2 is 2.11 bits per heavy atom. The Labute approximate surface area is 113 Å². The molecule has 0 bridgehead atoms. The third kappa shape index (κ3) is 2.84. The van der Waals surface area contributed by atoms with Crippen molar-refractivity contribution >= 4 is 0 Å². The van der Waals surface area contributed by atoms with E-state index >= 15 is 0 Å². The molecule has 1 unspecified atom stereocenters. The molecule has 2 rings (SSSR count). The Morgan fingerprint density at radius 3 is 2.74 bits per heavy atom. The molecule has 0 aliphatic carbocycles. The lowest BCUT2D eigenvalue weighted by Crippen LogP contribution is -2.14. The number of nitrogens with zero attached hydrogens (tertiary/aromatic N) is 2. The van der Waals surface area contributed by atoms with Crippen LogP contribution in [0.4, 0.5) is 4.39 Å². The van der Waals surface area contributed by atoms with E-state index in [1.165, 1.54) is 11.6 Å². The highest BCUT2D eigenvalue weighted by atomic mass is 19.1. The van der Waals surface area contributed by atoms with E-state index in [0.29, 0.717) is 6.54 Å². The fourth-order valence-electron chi connectivity index (χ4n) is 2.44. The van der Waals surface area contributed by atoms with Gasteiger partial charge in [-0.25, -0.2) is 4.39 Å². The Balaban J connectivity index is 2.32. The third-order valence-corrected chi connectivity index (χ3v) is 3.52. The molecule has 1 aromatic heterocycles. The first kappa shape index (κ1) is 13.7. The van der Waals surface area contributed by atoms with Gasteiger partial charge < -0.3 is 5.32 Å². The van der Waals surface area contributed by atoms with Gasteiger partial charge in [0.15, 0.2) is 0 Å². The van der Waals surface area contributed by atoms with E-state index in [1.54, 1.807) is 12.1 Å². The Bertz CT molecular complexity index is 575. The monoisotopic (exact) mass is 261 g/mol. The average molecular weight is 261 g/mol. The zero-order valence-electron chi connectivity index (χ0n) is 11.9. The van der Waals surface area contributed by atoms with Gasteiger partial charge in [-0.05, 0) is 45.5 Å². The number of halogens is 1. The molecular formula is C15H20FN3. The Morgan fingerprint density at radius 1 is 1.37 bits per heavy atom. The van der Waals surface area contributed by atoms with Gasteiger partial charge in [0.1, 0.15) is 5.82 Å². The van der Waals surface area contributed by atoms with Crippen molar-refractivity contribution in [2.24, 2.45) is 0 Å². The highest BCUT2D eigenvalue weighted by Crippen LogP contribution is 2.21. The van der Waals surface area contributed by atoms with Crippen molar-refractivity contribution in [3.05, 3.63) is 52.6 Å². The standard InChI is InChI=1S/C15H20FN3/c1-10(17-4)15-11(2)18-19(12(15)3)9-13-6-5-7-14(16)8-13/h5-8,10,17H,9H2,1-4H3. The number of nitrogens with one attached hydrogen (secondary N) is 1. The molecule has 0 aliphatic rings. The van der Waals surface area contributed by atoms with Crippen LogP contribution in [0.15, 0.2) is 24.3 Å². The molecule has 0 saturated heterocycles. The van der Waals surface area contributed by atoms with Crippen LogP contribution in [0.3, 0.4) is 0 Å². The molecule has 0 saturated carbocycles. The molecule has 1 N–H and O–H groups in total. The molecule has 0 radical (unpaired) electrons. The van der Waals surface area contributed by atoms with E-state index in [1.807, 2.05) is 24.7 Å². The molecule has 102 valence electrons. The molecule has 3 nitrogen and oxygen atoms in total. The summed E-state index contributed by atoms with van der Waals surface area (Å²) in [5.41, 5.74) is 4.30. The average Bonchev–Trinajstić information content (AvgIpc) is 2.64. The number of hydrogen-bond acceptors (Lipinski definition) is 2. The minimum absolute atomic E-state index is 0.206. The summed E-state index contributed by atoms with van der Waals surface area (Å²) in [5, 5.41) is 7.79. The lowest BCUT2D eigenvalue weighted by atomic mass is 10.1. The maximum absolute atomic E-state index is 13.2. The Hall–Kier alpha value is -1.68. The van der Waals surface area contributed by atoms with E-state index in [9.17, 15) is 4.39 Å². The summed E-state index contributed by atoms with van der Waals surface area (Å²) >= 11 is 0. The van der Waals surface area contributed by atoms with Crippen molar-refractivity contribution in [2.45, 2.75) is 33.4 Å². The quantitative estimate of drug-likeness (QED) is 0.917. The van der Waals surface area contributed by atoms with Gasteiger partial charge >= 0.3 is 0 Å². The zero-order chi connectivity index (χ0) is 14.0. The van der Waals surface area contributed by atoms with Gasteiger partial charge in [0.25, 0.3) is 0 Å². The van der Waals surface area contributed by atoms with Crippen molar-refractivity contribution in [1.29, 1.82) is 0 Å². The van der Waals surface area contributed by atoms with Crippen LogP contribution in [0.5, 0.6) is 0 Å². The molecule has 1 atom stereocenters. The molecule has 2 aromatic rings. The van der Waals surface area contributed by atoms with Gasteiger partial charge in [0, 0.05) is 17.3 Å². The van der Waals surface area contributed by atoms with E-state index in [2.05, 4.69) is 24.3 Å². The minimum Gasteiger partial charge on any atom is -0.313 e. The summed E-state index contributed by atoms with van der Waals surface area (Å²) < 4.78 is 15.1. The second-order valence-electron chi connectivity index (χ2n) is 4.88. The fourth-order valence-corrected chi connectivity index (χ4v) is 2.44. The van der Waals surface area contributed by atoms with Gasteiger partial charge in [-0.3, -0.25) is 4.68 Å². The summed E-state index contributed by atoms with van der Waals surface area (Å²) in [6.45, 7) is 6.78. The van der Waals surface area contributed by atoms with E-state index < -0.39 is 0 Å². The second kappa shape index (κ2) is 5.53. The molecule has 0 aliphatic heterocycles. The zero-order valence-corrected chi connectivity index (χ0v) is 11.9. The first-order chi connectivity index (χ1) is 9.02.